The van der Waals surface area contributed by atoms with Gasteiger partial charge in [-0.15, -0.1) is 0 Å². The second-order valence-corrected chi connectivity index (χ2v) is 2.51. The number of rotatable bonds is 2. The molecule has 0 unspecified atom stereocenters. The molecule has 1 radical (unpaired) electrons. The Morgan fingerprint density at radius 2 is 2.15 bits per heavy atom. The third-order valence-electron chi connectivity index (χ3n) is 1.76. The lowest BCUT2D eigenvalue weighted by Gasteiger charge is -2.00. The van der Waals surface area contributed by atoms with Crippen LogP contribution in [-0.2, 0) is 4.79 Å². The molecule has 0 saturated heterocycles. The second kappa shape index (κ2) is 3.23. The van der Waals surface area contributed by atoms with E-state index in [-0.39, 0.29) is 0 Å². The van der Waals surface area contributed by atoms with E-state index in [9.17, 15) is 4.79 Å². The minimum Gasteiger partial charge on any atom is -0.417 e. The monoisotopic (exact) mass is 172 g/mol. The number of hydrogen-bond donors (Lipinski definition) is 0. The van der Waals surface area contributed by atoms with Crippen molar-refractivity contribution in [3.05, 3.63) is 36.5 Å². The Labute approximate surface area is 75.0 Å². The van der Waals surface area contributed by atoms with Gasteiger partial charge in [0.1, 0.15) is 5.75 Å². The topological polar surface area (TPSA) is 39.2 Å². The maximum Gasteiger partial charge on any atom is 0.423 e. The maximum absolute atomic E-state index is 10.1. The lowest BCUT2D eigenvalue weighted by molar-refractivity contribution is 0.445. The van der Waals surface area contributed by atoms with Gasteiger partial charge < -0.3 is 4.74 Å². The summed E-state index contributed by atoms with van der Waals surface area (Å²) in [6.07, 6.45) is 1.69. The molecule has 0 amide bonds. The van der Waals surface area contributed by atoms with Gasteiger partial charge in [-0.2, -0.15) is 0 Å². The molecule has 0 N–H and O–H groups in total. The van der Waals surface area contributed by atoms with Crippen molar-refractivity contribution in [1.29, 1.82) is 0 Å². The summed E-state index contributed by atoms with van der Waals surface area (Å²) in [5.74, 6) is 0.487. The van der Waals surface area contributed by atoms with Gasteiger partial charge in [-0.25, -0.2) is 4.79 Å². The van der Waals surface area contributed by atoms with Crippen LogP contribution in [0.25, 0.3) is 10.9 Å². The molecule has 3 heteroatoms. The van der Waals surface area contributed by atoms with E-state index in [2.05, 4.69) is 9.72 Å². The molecule has 2 rings (SSSR count). The molecular formula is C10H6NO2. The zero-order valence-electron chi connectivity index (χ0n) is 6.73. The van der Waals surface area contributed by atoms with E-state index in [0.717, 1.165) is 10.9 Å². The zero-order valence-corrected chi connectivity index (χ0v) is 6.73. The summed E-state index contributed by atoms with van der Waals surface area (Å²) in [6, 6.07) is 8.97. The summed E-state index contributed by atoms with van der Waals surface area (Å²) in [4.78, 5) is 14.2. The van der Waals surface area contributed by atoms with Gasteiger partial charge in [0.15, 0.2) is 0 Å². The van der Waals surface area contributed by atoms with Gasteiger partial charge in [0, 0.05) is 11.6 Å². The number of aromatic nitrogens is 1. The molecule has 0 aliphatic heterocycles. The first-order valence-electron chi connectivity index (χ1n) is 3.79. The summed E-state index contributed by atoms with van der Waals surface area (Å²) in [7, 11) is 0. The van der Waals surface area contributed by atoms with Crippen LogP contribution in [0.2, 0.25) is 0 Å². The Morgan fingerprint density at radius 1 is 1.23 bits per heavy atom. The van der Waals surface area contributed by atoms with Crippen LogP contribution in [-0.4, -0.2) is 11.5 Å². The van der Waals surface area contributed by atoms with Crippen LogP contribution in [0.5, 0.6) is 5.75 Å². The van der Waals surface area contributed by atoms with Crippen molar-refractivity contribution < 1.29 is 9.53 Å². The standard InChI is InChI=1S/C10H6NO2/c12-7-13-10-5-1-4-9-8(10)3-2-6-11-9/h1-6H. The molecule has 0 saturated carbocycles. The fraction of sp³-hybridized carbons (Fsp3) is 0. The van der Waals surface area contributed by atoms with Crippen molar-refractivity contribution in [2.75, 3.05) is 0 Å². The quantitative estimate of drug-likeness (QED) is 0.691. The van der Waals surface area contributed by atoms with Gasteiger partial charge in [-0.05, 0) is 24.3 Å². The molecular weight excluding hydrogens is 166 g/mol. The van der Waals surface area contributed by atoms with Crippen LogP contribution in [0.3, 0.4) is 0 Å². The highest BCUT2D eigenvalue weighted by atomic mass is 16.5. The van der Waals surface area contributed by atoms with Crippen LogP contribution in [0.1, 0.15) is 0 Å². The number of carbonyl (C=O) groups excluding carboxylic acids is 1. The minimum absolute atomic E-state index is 0.487. The van der Waals surface area contributed by atoms with Gasteiger partial charge in [0.25, 0.3) is 0 Å². The van der Waals surface area contributed by atoms with Crippen molar-refractivity contribution in [3.63, 3.8) is 0 Å². The predicted octanol–water partition coefficient (Wildman–Crippen LogP) is 1.68. The van der Waals surface area contributed by atoms with Crippen LogP contribution in [0.15, 0.2) is 36.5 Å². The third-order valence-corrected chi connectivity index (χ3v) is 1.76. The molecule has 1 heterocycles. The van der Waals surface area contributed by atoms with Crippen LogP contribution >= 0.6 is 0 Å². The highest BCUT2D eigenvalue weighted by molar-refractivity contribution is 5.85. The first-order chi connectivity index (χ1) is 6.42. The van der Waals surface area contributed by atoms with E-state index in [1.165, 1.54) is 6.47 Å². The lowest BCUT2D eigenvalue weighted by atomic mass is 10.2. The van der Waals surface area contributed by atoms with Crippen molar-refractivity contribution in [2.24, 2.45) is 0 Å². The van der Waals surface area contributed by atoms with Crippen molar-refractivity contribution in [1.82, 2.24) is 4.98 Å². The number of fused-ring (bicyclic) bond motifs is 1. The number of hydrogen-bond acceptors (Lipinski definition) is 3. The van der Waals surface area contributed by atoms with Crippen LogP contribution < -0.4 is 4.74 Å². The molecule has 0 spiro atoms. The third kappa shape index (κ3) is 1.36. The Balaban J connectivity index is 2.68. The van der Waals surface area contributed by atoms with Gasteiger partial charge >= 0.3 is 6.47 Å². The number of nitrogens with zero attached hydrogens (tertiary/aromatic N) is 1. The molecule has 63 valence electrons. The van der Waals surface area contributed by atoms with Gasteiger partial charge in [0.2, 0.25) is 0 Å². The molecule has 1 aromatic heterocycles. The molecule has 0 aliphatic rings. The maximum atomic E-state index is 10.1. The Kier molecular flexibility index (Phi) is 1.92. The van der Waals surface area contributed by atoms with Gasteiger partial charge in [-0.3, -0.25) is 4.98 Å². The number of ether oxygens (including phenoxy) is 1. The summed E-state index contributed by atoms with van der Waals surface area (Å²) in [5.41, 5.74) is 0.801. The summed E-state index contributed by atoms with van der Waals surface area (Å²) in [6.45, 7) is 1.40. The fourth-order valence-corrected chi connectivity index (χ4v) is 1.21. The molecule has 0 fully saturated rings. The molecule has 13 heavy (non-hydrogen) atoms. The molecule has 0 bridgehead atoms. The highest BCUT2D eigenvalue weighted by Gasteiger charge is 2.00. The van der Waals surface area contributed by atoms with Gasteiger partial charge in [-0.1, -0.05) is 6.07 Å². The first kappa shape index (κ1) is 7.73. The SMILES string of the molecule is O=[C]Oc1cccc2ncccc12. The van der Waals surface area contributed by atoms with E-state index < -0.39 is 0 Å². The van der Waals surface area contributed by atoms with Crippen molar-refractivity contribution in [2.45, 2.75) is 0 Å². The largest absolute Gasteiger partial charge is 0.423 e. The van der Waals surface area contributed by atoms with Crippen molar-refractivity contribution >= 4 is 17.4 Å². The Morgan fingerprint density at radius 3 is 3.00 bits per heavy atom. The average Bonchev–Trinajstić information content (AvgIpc) is 2.19. The molecule has 2 aromatic rings. The van der Waals surface area contributed by atoms with E-state index in [1.807, 2.05) is 12.1 Å². The van der Waals surface area contributed by atoms with Crippen LogP contribution in [0, 0.1) is 0 Å². The number of pyridine rings is 1. The summed E-state index contributed by atoms with van der Waals surface area (Å²) >= 11 is 0. The van der Waals surface area contributed by atoms with E-state index in [0.29, 0.717) is 5.75 Å². The fourth-order valence-electron chi connectivity index (χ4n) is 1.21. The average molecular weight is 172 g/mol. The van der Waals surface area contributed by atoms with Gasteiger partial charge in [0.05, 0.1) is 5.52 Å². The Hall–Kier alpha value is -1.90. The molecule has 1 aromatic carbocycles. The normalized spacial score (nSPS) is 9.85. The highest BCUT2D eigenvalue weighted by Crippen LogP contribution is 2.22. The van der Waals surface area contributed by atoms with E-state index >= 15 is 0 Å². The van der Waals surface area contributed by atoms with Crippen LogP contribution in [0.4, 0.5) is 0 Å². The molecule has 3 nitrogen and oxygen atoms in total. The Bertz CT molecular complexity index is 434. The van der Waals surface area contributed by atoms with E-state index in [1.54, 1.807) is 24.4 Å². The van der Waals surface area contributed by atoms with Crippen molar-refractivity contribution in [3.8, 4) is 5.75 Å². The first-order valence-corrected chi connectivity index (χ1v) is 3.79. The molecule has 0 atom stereocenters. The summed E-state index contributed by atoms with van der Waals surface area (Å²) in [5, 5.41) is 0.813. The lowest BCUT2D eigenvalue weighted by Crippen LogP contribution is -1.89. The zero-order chi connectivity index (χ0) is 9.10. The van der Waals surface area contributed by atoms with E-state index in [4.69, 9.17) is 0 Å². The minimum atomic E-state index is 0.487. The number of benzene rings is 1. The summed E-state index contributed by atoms with van der Waals surface area (Å²) < 4.78 is 4.67. The molecule has 0 aliphatic carbocycles. The smallest absolute Gasteiger partial charge is 0.417 e. The predicted molar refractivity (Wildman–Crippen MR) is 48.1 cm³/mol. The second-order valence-electron chi connectivity index (χ2n) is 2.51.